The van der Waals surface area contributed by atoms with E-state index in [1.54, 1.807) is 31.4 Å². The van der Waals surface area contributed by atoms with Crippen LogP contribution < -0.4 is 4.74 Å². The van der Waals surface area contributed by atoms with Gasteiger partial charge in [-0.1, -0.05) is 12.1 Å². The molecule has 2 aromatic rings. The van der Waals surface area contributed by atoms with Crippen LogP contribution in [0.15, 0.2) is 54.1 Å². The Morgan fingerprint density at radius 3 is 2.36 bits per heavy atom. The van der Waals surface area contributed by atoms with Crippen LogP contribution in [0.4, 0.5) is 4.39 Å². The molecule has 0 spiro atoms. The minimum atomic E-state index is -0.746. The molecule has 0 bridgehead atoms. The van der Waals surface area contributed by atoms with Crippen LogP contribution in [-0.4, -0.2) is 73.1 Å². The zero-order chi connectivity index (χ0) is 23.4. The van der Waals surface area contributed by atoms with Crippen molar-refractivity contribution in [2.24, 2.45) is 0 Å². The lowest BCUT2D eigenvalue weighted by molar-refractivity contribution is -0.140. The largest absolute Gasteiger partial charge is 0.507 e. The fourth-order valence-corrected chi connectivity index (χ4v) is 4.30. The van der Waals surface area contributed by atoms with E-state index in [1.807, 2.05) is 0 Å². The van der Waals surface area contributed by atoms with Crippen LogP contribution in [0, 0.1) is 5.82 Å². The Labute approximate surface area is 192 Å². The molecule has 0 aromatic heterocycles. The van der Waals surface area contributed by atoms with Crippen molar-refractivity contribution in [3.8, 4) is 5.75 Å². The number of Topliss-reactive ketones (excluding diaryl/α,β-unsaturated/α-hetero) is 1. The number of methoxy groups -OCH3 is 1. The third kappa shape index (κ3) is 4.91. The number of carbonyl (C=O) groups is 2. The summed E-state index contributed by atoms with van der Waals surface area (Å²) in [6.45, 7) is 4.19. The molecule has 0 radical (unpaired) electrons. The third-order valence-corrected chi connectivity index (χ3v) is 6.07. The Hall–Kier alpha value is -3.23. The molecule has 1 atom stereocenters. The molecule has 2 heterocycles. The fourth-order valence-electron chi connectivity index (χ4n) is 4.30. The first-order chi connectivity index (χ1) is 16.0. The van der Waals surface area contributed by atoms with E-state index in [2.05, 4.69) is 4.90 Å². The standard InChI is InChI=1S/C25H27FN2O5/c1-32-20-9-5-17(6-10-20)22-21(23(29)18-3-7-19(26)8-4-18)24(30)25(31)28(22)12-2-11-27-13-15-33-16-14-27/h3-10,22,29H,2,11-16H2,1H3/b23-21+/t22-/m0/s1. The first-order valence-corrected chi connectivity index (χ1v) is 11.0. The van der Waals surface area contributed by atoms with E-state index in [9.17, 15) is 19.1 Å². The number of likely N-dealkylation sites (tertiary alicyclic amines) is 1. The highest BCUT2D eigenvalue weighted by Crippen LogP contribution is 2.39. The Morgan fingerprint density at radius 2 is 1.73 bits per heavy atom. The summed E-state index contributed by atoms with van der Waals surface area (Å²) >= 11 is 0. The van der Waals surface area contributed by atoms with Crippen molar-refractivity contribution in [1.82, 2.24) is 9.80 Å². The van der Waals surface area contributed by atoms with Gasteiger partial charge in [-0.15, -0.1) is 0 Å². The van der Waals surface area contributed by atoms with Gasteiger partial charge in [-0.05, 0) is 48.4 Å². The van der Waals surface area contributed by atoms with Crippen molar-refractivity contribution in [2.75, 3.05) is 46.5 Å². The minimum absolute atomic E-state index is 0.00291. The average molecular weight is 454 g/mol. The number of hydrogen-bond acceptors (Lipinski definition) is 6. The predicted molar refractivity (Wildman–Crippen MR) is 120 cm³/mol. The van der Waals surface area contributed by atoms with Crippen LogP contribution >= 0.6 is 0 Å². The first-order valence-electron chi connectivity index (χ1n) is 11.0. The Morgan fingerprint density at radius 1 is 1.06 bits per heavy atom. The van der Waals surface area contributed by atoms with Gasteiger partial charge >= 0.3 is 0 Å². The van der Waals surface area contributed by atoms with Gasteiger partial charge in [-0.25, -0.2) is 4.39 Å². The molecule has 2 fully saturated rings. The molecular weight excluding hydrogens is 427 g/mol. The number of benzene rings is 2. The summed E-state index contributed by atoms with van der Waals surface area (Å²) in [6.07, 6.45) is 0.677. The number of rotatable bonds is 7. The molecule has 1 N–H and O–H groups in total. The van der Waals surface area contributed by atoms with Crippen LogP contribution in [0.3, 0.4) is 0 Å². The summed E-state index contributed by atoms with van der Waals surface area (Å²) in [5, 5.41) is 11.0. The molecule has 0 unspecified atom stereocenters. The van der Waals surface area contributed by atoms with Gasteiger partial charge in [0, 0.05) is 31.7 Å². The monoisotopic (exact) mass is 454 g/mol. The summed E-state index contributed by atoms with van der Waals surface area (Å²) in [4.78, 5) is 29.8. The minimum Gasteiger partial charge on any atom is -0.507 e. The number of nitrogens with zero attached hydrogens (tertiary/aromatic N) is 2. The lowest BCUT2D eigenvalue weighted by atomic mass is 9.95. The Balaban J connectivity index is 1.66. The number of ether oxygens (including phenoxy) is 2. The Kier molecular flexibility index (Phi) is 7.05. The van der Waals surface area contributed by atoms with Crippen molar-refractivity contribution < 1.29 is 28.6 Å². The van der Waals surface area contributed by atoms with Gasteiger partial charge in [0.2, 0.25) is 0 Å². The number of halogens is 1. The van der Waals surface area contributed by atoms with Gasteiger partial charge in [0.15, 0.2) is 0 Å². The fraction of sp³-hybridized carbons (Fsp3) is 0.360. The summed E-state index contributed by atoms with van der Waals surface area (Å²) in [7, 11) is 1.56. The SMILES string of the molecule is COc1ccc([C@H]2/C(=C(\O)c3ccc(F)cc3)C(=O)C(=O)N2CCCN2CCOCC2)cc1. The van der Waals surface area contributed by atoms with E-state index >= 15 is 0 Å². The van der Waals surface area contributed by atoms with E-state index in [4.69, 9.17) is 9.47 Å². The molecule has 7 nitrogen and oxygen atoms in total. The number of aliphatic hydroxyl groups excluding tert-OH is 1. The van der Waals surface area contributed by atoms with Gasteiger partial charge in [-0.3, -0.25) is 14.5 Å². The average Bonchev–Trinajstić information content (AvgIpc) is 3.10. The summed E-state index contributed by atoms with van der Waals surface area (Å²) < 4.78 is 24.0. The van der Waals surface area contributed by atoms with Crippen molar-refractivity contribution in [1.29, 1.82) is 0 Å². The van der Waals surface area contributed by atoms with E-state index in [0.717, 1.165) is 19.6 Å². The molecule has 1 amide bonds. The van der Waals surface area contributed by atoms with E-state index in [-0.39, 0.29) is 16.9 Å². The van der Waals surface area contributed by atoms with Gasteiger partial charge in [0.1, 0.15) is 17.3 Å². The molecule has 8 heteroatoms. The number of aliphatic hydroxyl groups is 1. The molecule has 0 saturated carbocycles. The van der Waals surface area contributed by atoms with Gasteiger partial charge in [-0.2, -0.15) is 0 Å². The number of carbonyl (C=O) groups excluding carboxylic acids is 2. The normalized spacial score (nSPS) is 20.9. The molecular formula is C25H27FN2O5. The van der Waals surface area contributed by atoms with Crippen LogP contribution in [0.5, 0.6) is 5.75 Å². The summed E-state index contributed by atoms with van der Waals surface area (Å²) in [5.74, 6) is -1.53. The van der Waals surface area contributed by atoms with Crippen molar-refractivity contribution in [3.63, 3.8) is 0 Å². The molecule has 33 heavy (non-hydrogen) atoms. The molecule has 2 saturated heterocycles. The van der Waals surface area contributed by atoms with Crippen LogP contribution in [0.1, 0.15) is 23.6 Å². The molecule has 4 rings (SSSR count). The second-order valence-electron chi connectivity index (χ2n) is 8.08. The number of ketones is 1. The molecule has 2 aliphatic heterocycles. The lowest BCUT2D eigenvalue weighted by Gasteiger charge is -2.29. The number of hydrogen-bond donors (Lipinski definition) is 1. The molecule has 2 aliphatic rings. The highest BCUT2D eigenvalue weighted by molar-refractivity contribution is 6.46. The maximum absolute atomic E-state index is 13.4. The second-order valence-corrected chi connectivity index (χ2v) is 8.08. The zero-order valence-corrected chi connectivity index (χ0v) is 18.5. The van der Waals surface area contributed by atoms with Crippen LogP contribution in [0.25, 0.3) is 5.76 Å². The van der Waals surface area contributed by atoms with E-state index in [1.165, 1.54) is 29.2 Å². The maximum Gasteiger partial charge on any atom is 0.295 e. The van der Waals surface area contributed by atoms with Gasteiger partial charge < -0.3 is 19.5 Å². The molecule has 2 aromatic carbocycles. The summed E-state index contributed by atoms with van der Waals surface area (Å²) in [6, 6.07) is 11.5. The molecule has 0 aliphatic carbocycles. The Bertz CT molecular complexity index is 1030. The number of amides is 1. The van der Waals surface area contributed by atoms with Gasteiger partial charge in [0.05, 0.1) is 31.9 Å². The highest BCUT2D eigenvalue weighted by Gasteiger charge is 2.45. The van der Waals surface area contributed by atoms with Crippen molar-refractivity contribution in [3.05, 3.63) is 71.0 Å². The quantitative estimate of drug-likeness (QED) is 0.394. The lowest BCUT2D eigenvalue weighted by Crippen LogP contribution is -2.38. The van der Waals surface area contributed by atoms with E-state index in [0.29, 0.717) is 37.5 Å². The van der Waals surface area contributed by atoms with Crippen LogP contribution in [0.2, 0.25) is 0 Å². The van der Waals surface area contributed by atoms with E-state index < -0.39 is 23.5 Å². The second kappa shape index (κ2) is 10.1. The van der Waals surface area contributed by atoms with Crippen molar-refractivity contribution in [2.45, 2.75) is 12.5 Å². The first kappa shape index (κ1) is 22.9. The van der Waals surface area contributed by atoms with Crippen LogP contribution in [-0.2, 0) is 14.3 Å². The third-order valence-electron chi connectivity index (χ3n) is 6.07. The highest BCUT2D eigenvalue weighted by atomic mass is 19.1. The topological polar surface area (TPSA) is 79.3 Å². The molecule has 174 valence electrons. The smallest absolute Gasteiger partial charge is 0.295 e. The zero-order valence-electron chi connectivity index (χ0n) is 18.5. The van der Waals surface area contributed by atoms with Crippen molar-refractivity contribution >= 4 is 17.4 Å². The predicted octanol–water partition coefficient (Wildman–Crippen LogP) is 2.98. The number of morpholine rings is 1. The van der Waals surface area contributed by atoms with Gasteiger partial charge in [0.25, 0.3) is 11.7 Å². The maximum atomic E-state index is 13.4. The summed E-state index contributed by atoms with van der Waals surface area (Å²) in [5.41, 5.74) is 0.967.